The van der Waals surface area contributed by atoms with Crippen molar-refractivity contribution in [2.75, 3.05) is 11.4 Å². The highest BCUT2D eigenvalue weighted by molar-refractivity contribution is 7.14. The van der Waals surface area contributed by atoms with E-state index in [4.69, 9.17) is 4.98 Å². The van der Waals surface area contributed by atoms with Crippen LogP contribution in [0.4, 0.5) is 5.13 Å². The second-order valence-corrected chi connectivity index (χ2v) is 8.70. The van der Waals surface area contributed by atoms with Crippen molar-refractivity contribution in [1.29, 1.82) is 0 Å². The second kappa shape index (κ2) is 10.2. The average Bonchev–Trinajstić information content (AvgIpc) is 3.59. The Labute approximate surface area is 202 Å². The molecule has 0 aliphatic carbocycles. The van der Waals surface area contributed by atoms with Crippen molar-refractivity contribution in [3.8, 4) is 11.3 Å². The third-order valence-corrected chi connectivity index (χ3v) is 6.38. The van der Waals surface area contributed by atoms with E-state index in [1.165, 1.54) is 23.2 Å². The van der Waals surface area contributed by atoms with Gasteiger partial charge in [0.05, 0.1) is 12.2 Å². The number of carbonyl (C=O) groups excluding carboxylic acids is 1. The Morgan fingerprint density at radius 2 is 1.62 bits per heavy atom. The highest BCUT2D eigenvalue weighted by Gasteiger charge is 2.21. The van der Waals surface area contributed by atoms with Gasteiger partial charge in [0, 0.05) is 23.1 Å². The van der Waals surface area contributed by atoms with E-state index in [1.54, 1.807) is 15.9 Å². The monoisotopic (exact) mass is 465 g/mol. The zero-order valence-corrected chi connectivity index (χ0v) is 19.3. The van der Waals surface area contributed by atoms with Crippen molar-refractivity contribution in [1.82, 2.24) is 19.7 Å². The fourth-order valence-electron chi connectivity index (χ4n) is 3.71. The third-order valence-electron chi connectivity index (χ3n) is 5.52. The van der Waals surface area contributed by atoms with Gasteiger partial charge in [-0.3, -0.25) is 9.69 Å². The molecule has 0 atom stereocenters. The number of rotatable bonds is 8. The number of carbonyl (C=O) groups is 1. The molecule has 0 saturated carbocycles. The molecule has 0 aliphatic heterocycles. The molecule has 2 heterocycles. The Morgan fingerprint density at radius 1 is 0.882 bits per heavy atom. The molecule has 7 heteroatoms. The molecule has 5 rings (SSSR count). The summed E-state index contributed by atoms with van der Waals surface area (Å²) in [5.74, 6) is -0.0581. The number of hydrogen-bond donors (Lipinski definition) is 0. The maximum atomic E-state index is 13.6. The summed E-state index contributed by atoms with van der Waals surface area (Å²) < 4.78 is 1.75. The minimum atomic E-state index is -0.0581. The molecule has 168 valence electrons. The highest BCUT2D eigenvalue weighted by atomic mass is 32.1. The lowest BCUT2D eigenvalue weighted by Crippen LogP contribution is -2.33. The molecule has 0 N–H and O–H groups in total. The van der Waals surface area contributed by atoms with Gasteiger partial charge in [-0.05, 0) is 29.7 Å². The zero-order chi connectivity index (χ0) is 23.2. The van der Waals surface area contributed by atoms with Crippen molar-refractivity contribution in [2.24, 2.45) is 0 Å². The Hall–Kier alpha value is -4.10. The second-order valence-electron chi connectivity index (χ2n) is 7.86. The minimum absolute atomic E-state index is 0.0581. The SMILES string of the molecule is O=C(c1ccc(Cn2cncn2)cc1)N(CCc1ccccc1)c1nc(-c2ccccc2)cs1. The van der Waals surface area contributed by atoms with Crippen LogP contribution in [0.25, 0.3) is 11.3 Å². The largest absolute Gasteiger partial charge is 0.284 e. The van der Waals surface area contributed by atoms with E-state index in [0.717, 1.165) is 23.2 Å². The van der Waals surface area contributed by atoms with Crippen molar-refractivity contribution in [3.05, 3.63) is 120 Å². The van der Waals surface area contributed by atoms with Crippen LogP contribution in [-0.2, 0) is 13.0 Å². The normalized spacial score (nSPS) is 10.8. The number of thiazole rings is 1. The summed E-state index contributed by atoms with van der Waals surface area (Å²) in [6.07, 6.45) is 3.94. The Bertz CT molecular complexity index is 1330. The number of nitrogens with zero attached hydrogens (tertiary/aromatic N) is 5. The first-order valence-corrected chi connectivity index (χ1v) is 11.9. The van der Waals surface area contributed by atoms with Gasteiger partial charge in [0.1, 0.15) is 12.7 Å². The first kappa shape index (κ1) is 21.7. The van der Waals surface area contributed by atoms with Crippen LogP contribution >= 0.6 is 11.3 Å². The molecule has 6 nitrogen and oxygen atoms in total. The molecule has 0 saturated heterocycles. The molecule has 2 aromatic heterocycles. The molecule has 3 aromatic carbocycles. The van der Waals surface area contributed by atoms with Gasteiger partial charge in [-0.1, -0.05) is 72.8 Å². The molecule has 0 fully saturated rings. The van der Waals surface area contributed by atoms with Gasteiger partial charge in [0.25, 0.3) is 5.91 Å². The Balaban J connectivity index is 1.39. The summed E-state index contributed by atoms with van der Waals surface area (Å²) in [6.45, 7) is 1.16. The van der Waals surface area contributed by atoms with Gasteiger partial charge in [-0.15, -0.1) is 11.3 Å². The number of amides is 1. The van der Waals surface area contributed by atoms with Gasteiger partial charge < -0.3 is 0 Å². The lowest BCUT2D eigenvalue weighted by atomic mass is 10.1. The van der Waals surface area contributed by atoms with E-state index in [2.05, 4.69) is 22.2 Å². The van der Waals surface area contributed by atoms with Gasteiger partial charge in [0.15, 0.2) is 5.13 Å². The standard InChI is InChI=1S/C27H23N5OS/c33-26(24-13-11-22(12-14-24)17-31-20-28-19-29-31)32(16-15-21-7-3-1-4-8-21)27-30-25(18-34-27)23-9-5-2-6-10-23/h1-14,18-20H,15-17H2. The topological polar surface area (TPSA) is 63.9 Å². The average molecular weight is 466 g/mol. The van der Waals surface area contributed by atoms with Gasteiger partial charge in [0.2, 0.25) is 0 Å². The van der Waals surface area contributed by atoms with Gasteiger partial charge in [-0.2, -0.15) is 5.10 Å². The quantitative estimate of drug-likeness (QED) is 0.310. The molecular formula is C27H23N5OS. The molecule has 0 spiro atoms. The fourth-order valence-corrected chi connectivity index (χ4v) is 4.57. The van der Waals surface area contributed by atoms with Gasteiger partial charge >= 0.3 is 0 Å². The van der Waals surface area contributed by atoms with E-state index in [0.29, 0.717) is 23.8 Å². The van der Waals surface area contributed by atoms with Crippen LogP contribution in [0, 0.1) is 0 Å². The van der Waals surface area contributed by atoms with Crippen LogP contribution in [-0.4, -0.2) is 32.2 Å². The highest BCUT2D eigenvalue weighted by Crippen LogP contribution is 2.28. The first-order valence-electron chi connectivity index (χ1n) is 11.0. The fraction of sp³-hybridized carbons (Fsp3) is 0.111. The molecule has 0 radical (unpaired) electrons. The van der Waals surface area contributed by atoms with Crippen LogP contribution in [0.15, 0.2) is 103 Å². The maximum Gasteiger partial charge on any atom is 0.260 e. The Morgan fingerprint density at radius 3 is 2.32 bits per heavy atom. The molecule has 0 aliphatic rings. The van der Waals surface area contributed by atoms with Crippen molar-refractivity contribution in [2.45, 2.75) is 13.0 Å². The molecule has 34 heavy (non-hydrogen) atoms. The maximum absolute atomic E-state index is 13.6. The first-order chi connectivity index (χ1) is 16.8. The molecule has 0 bridgehead atoms. The van der Waals surface area contributed by atoms with Crippen molar-refractivity contribution >= 4 is 22.4 Å². The predicted molar refractivity (Wildman–Crippen MR) is 135 cm³/mol. The van der Waals surface area contributed by atoms with Crippen LogP contribution in [0.2, 0.25) is 0 Å². The summed E-state index contributed by atoms with van der Waals surface area (Å²) >= 11 is 1.49. The lowest BCUT2D eigenvalue weighted by molar-refractivity contribution is 0.0987. The van der Waals surface area contributed by atoms with E-state index in [-0.39, 0.29) is 5.91 Å². The summed E-state index contributed by atoms with van der Waals surface area (Å²) in [4.78, 5) is 24.2. The number of hydrogen-bond acceptors (Lipinski definition) is 5. The molecule has 1 amide bonds. The van der Waals surface area contributed by atoms with E-state index in [1.807, 2.05) is 78.2 Å². The summed E-state index contributed by atoms with van der Waals surface area (Å²) in [5.41, 5.74) is 4.79. The zero-order valence-electron chi connectivity index (χ0n) is 18.5. The summed E-state index contributed by atoms with van der Waals surface area (Å²) in [5, 5.41) is 6.85. The smallest absolute Gasteiger partial charge is 0.260 e. The number of benzene rings is 3. The summed E-state index contributed by atoms with van der Waals surface area (Å²) in [7, 11) is 0. The number of anilines is 1. The Kier molecular flexibility index (Phi) is 6.54. The number of aromatic nitrogens is 4. The van der Waals surface area contributed by atoms with E-state index in [9.17, 15) is 4.79 Å². The minimum Gasteiger partial charge on any atom is -0.284 e. The molecular weight excluding hydrogens is 442 g/mol. The van der Waals surface area contributed by atoms with Crippen molar-refractivity contribution in [3.63, 3.8) is 0 Å². The lowest BCUT2D eigenvalue weighted by Gasteiger charge is -2.20. The van der Waals surface area contributed by atoms with Crippen LogP contribution in [0.3, 0.4) is 0 Å². The van der Waals surface area contributed by atoms with Crippen LogP contribution in [0.1, 0.15) is 21.5 Å². The van der Waals surface area contributed by atoms with Crippen molar-refractivity contribution < 1.29 is 4.79 Å². The third kappa shape index (κ3) is 5.10. The summed E-state index contributed by atoms with van der Waals surface area (Å²) in [6, 6.07) is 27.9. The van der Waals surface area contributed by atoms with Crippen LogP contribution < -0.4 is 4.90 Å². The molecule has 5 aromatic rings. The van der Waals surface area contributed by atoms with E-state index < -0.39 is 0 Å². The van der Waals surface area contributed by atoms with E-state index >= 15 is 0 Å². The van der Waals surface area contributed by atoms with Gasteiger partial charge in [-0.25, -0.2) is 14.6 Å². The molecule has 0 unspecified atom stereocenters. The predicted octanol–water partition coefficient (Wildman–Crippen LogP) is 5.34. The van der Waals surface area contributed by atoms with Crippen LogP contribution in [0.5, 0.6) is 0 Å².